The molecule has 3 nitrogen and oxygen atoms in total. The zero-order chi connectivity index (χ0) is 15.4. The van der Waals surface area contributed by atoms with E-state index in [0.29, 0.717) is 11.3 Å². The molecule has 1 unspecified atom stereocenters. The van der Waals surface area contributed by atoms with Gasteiger partial charge in [-0.25, -0.2) is 8.78 Å². The quantitative estimate of drug-likeness (QED) is 0.907. The molecule has 0 aromatic heterocycles. The third kappa shape index (κ3) is 3.36. The van der Waals surface area contributed by atoms with Crippen LogP contribution in [-0.4, -0.2) is 11.7 Å². The summed E-state index contributed by atoms with van der Waals surface area (Å²) < 4.78 is 26.6. The van der Waals surface area contributed by atoms with Crippen molar-refractivity contribution in [3.63, 3.8) is 0 Å². The van der Waals surface area contributed by atoms with Gasteiger partial charge in [-0.3, -0.25) is 0 Å². The third-order valence-electron chi connectivity index (χ3n) is 3.19. The standard InChI is InChI=1S/C16H14F2N2O/c1-10-3-2-4-15(13(10)8-19)20-9-16(21)12-7-11(17)5-6-14(12)18/h2-7,16,20-21H,9H2,1H3. The first-order chi connectivity index (χ1) is 10.0. The van der Waals surface area contributed by atoms with Crippen LogP contribution < -0.4 is 5.32 Å². The number of benzene rings is 2. The maximum absolute atomic E-state index is 13.5. The first kappa shape index (κ1) is 14.9. The molecular weight excluding hydrogens is 274 g/mol. The van der Waals surface area contributed by atoms with E-state index in [-0.39, 0.29) is 12.1 Å². The second-order valence-corrected chi connectivity index (χ2v) is 4.67. The van der Waals surface area contributed by atoms with Crippen molar-refractivity contribution in [1.29, 1.82) is 5.26 Å². The Morgan fingerprint density at radius 3 is 2.76 bits per heavy atom. The van der Waals surface area contributed by atoms with Gasteiger partial charge in [0.15, 0.2) is 0 Å². The van der Waals surface area contributed by atoms with Crippen molar-refractivity contribution < 1.29 is 13.9 Å². The first-order valence-corrected chi connectivity index (χ1v) is 6.39. The predicted molar refractivity (Wildman–Crippen MR) is 75.7 cm³/mol. The molecule has 0 saturated heterocycles. The molecule has 1 atom stereocenters. The average molecular weight is 288 g/mol. The summed E-state index contributed by atoms with van der Waals surface area (Å²) in [5, 5.41) is 22.0. The summed E-state index contributed by atoms with van der Waals surface area (Å²) in [5.74, 6) is -1.28. The highest BCUT2D eigenvalue weighted by molar-refractivity contribution is 5.60. The predicted octanol–water partition coefficient (Wildman–Crippen LogP) is 3.29. The van der Waals surface area contributed by atoms with Crippen LogP contribution in [0.5, 0.6) is 0 Å². The zero-order valence-corrected chi connectivity index (χ0v) is 11.4. The van der Waals surface area contributed by atoms with Gasteiger partial charge in [-0.05, 0) is 36.8 Å². The van der Waals surface area contributed by atoms with E-state index in [1.807, 2.05) is 0 Å². The molecule has 2 aromatic rings. The molecule has 0 heterocycles. The van der Waals surface area contributed by atoms with E-state index < -0.39 is 17.7 Å². The summed E-state index contributed by atoms with van der Waals surface area (Å²) >= 11 is 0. The van der Waals surface area contributed by atoms with Gasteiger partial charge in [0.25, 0.3) is 0 Å². The van der Waals surface area contributed by atoms with Crippen molar-refractivity contribution in [2.45, 2.75) is 13.0 Å². The largest absolute Gasteiger partial charge is 0.386 e. The van der Waals surface area contributed by atoms with Gasteiger partial charge in [0.1, 0.15) is 17.7 Å². The molecule has 0 aliphatic heterocycles. The molecule has 0 radical (unpaired) electrons. The van der Waals surface area contributed by atoms with Gasteiger partial charge in [0.05, 0.1) is 17.4 Å². The van der Waals surface area contributed by atoms with E-state index in [9.17, 15) is 13.9 Å². The molecule has 0 fully saturated rings. The molecule has 0 bridgehead atoms. The van der Waals surface area contributed by atoms with E-state index in [2.05, 4.69) is 11.4 Å². The van der Waals surface area contributed by atoms with E-state index >= 15 is 0 Å². The Bertz CT molecular complexity index is 695. The fourth-order valence-corrected chi connectivity index (χ4v) is 2.05. The minimum atomic E-state index is -1.22. The molecule has 0 aliphatic carbocycles. The molecule has 2 N–H and O–H groups in total. The number of halogens is 2. The second kappa shape index (κ2) is 6.33. The third-order valence-corrected chi connectivity index (χ3v) is 3.19. The molecule has 0 saturated carbocycles. The van der Waals surface area contributed by atoms with Crippen LogP contribution >= 0.6 is 0 Å². The molecule has 108 valence electrons. The van der Waals surface area contributed by atoms with E-state index in [4.69, 9.17) is 5.26 Å². The van der Waals surface area contributed by atoms with Crippen LogP contribution in [0.1, 0.15) is 22.8 Å². The monoisotopic (exact) mass is 288 g/mol. The Kier molecular flexibility index (Phi) is 4.51. The van der Waals surface area contributed by atoms with Gasteiger partial charge in [-0.15, -0.1) is 0 Å². The number of aliphatic hydroxyl groups is 1. The molecule has 5 heteroatoms. The van der Waals surface area contributed by atoms with Gasteiger partial charge in [-0.1, -0.05) is 12.1 Å². The van der Waals surface area contributed by atoms with Crippen molar-refractivity contribution in [3.05, 3.63) is 64.7 Å². The number of hydrogen-bond acceptors (Lipinski definition) is 3. The van der Waals surface area contributed by atoms with Crippen LogP contribution in [0.2, 0.25) is 0 Å². The summed E-state index contributed by atoms with van der Waals surface area (Å²) in [5.41, 5.74) is 1.69. The van der Waals surface area contributed by atoms with Crippen LogP contribution in [0.15, 0.2) is 36.4 Å². The Labute approximate surface area is 121 Å². The lowest BCUT2D eigenvalue weighted by Crippen LogP contribution is -2.14. The molecule has 0 spiro atoms. The van der Waals surface area contributed by atoms with Gasteiger partial charge >= 0.3 is 0 Å². The molecular formula is C16H14F2N2O. The van der Waals surface area contributed by atoms with Crippen LogP contribution in [0.25, 0.3) is 0 Å². The molecule has 2 rings (SSSR count). The highest BCUT2D eigenvalue weighted by Crippen LogP contribution is 2.22. The van der Waals surface area contributed by atoms with E-state index in [1.165, 1.54) is 0 Å². The molecule has 0 amide bonds. The summed E-state index contributed by atoms with van der Waals surface area (Å²) in [6, 6.07) is 10.3. The van der Waals surface area contributed by atoms with Gasteiger partial charge in [0, 0.05) is 12.1 Å². The maximum Gasteiger partial charge on any atom is 0.129 e. The average Bonchev–Trinajstić information content (AvgIpc) is 2.47. The second-order valence-electron chi connectivity index (χ2n) is 4.67. The zero-order valence-electron chi connectivity index (χ0n) is 11.4. The number of anilines is 1. The van der Waals surface area contributed by atoms with Gasteiger partial charge in [-0.2, -0.15) is 5.26 Å². The maximum atomic E-state index is 13.5. The first-order valence-electron chi connectivity index (χ1n) is 6.39. The number of hydrogen-bond donors (Lipinski definition) is 2. The Hall–Kier alpha value is -2.45. The molecule has 2 aromatic carbocycles. The van der Waals surface area contributed by atoms with E-state index in [1.54, 1.807) is 25.1 Å². The minimum absolute atomic E-state index is 0.0293. The summed E-state index contributed by atoms with van der Waals surface area (Å²) in [7, 11) is 0. The fourth-order valence-electron chi connectivity index (χ4n) is 2.05. The van der Waals surface area contributed by atoms with Crippen LogP contribution in [0.4, 0.5) is 14.5 Å². The highest BCUT2D eigenvalue weighted by Gasteiger charge is 2.14. The summed E-state index contributed by atoms with van der Waals surface area (Å²) in [4.78, 5) is 0. The van der Waals surface area contributed by atoms with Crippen molar-refractivity contribution in [1.82, 2.24) is 0 Å². The molecule has 21 heavy (non-hydrogen) atoms. The van der Waals surface area contributed by atoms with Crippen molar-refractivity contribution >= 4 is 5.69 Å². The summed E-state index contributed by atoms with van der Waals surface area (Å²) in [6.45, 7) is 1.77. The van der Waals surface area contributed by atoms with Crippen molar-refractivity contribution in [3.8, 4) is 6.07 Å². The lowest BCUT2D eigenvalue weighted by molar-refractivity contribution is 0.186. The smallest absolute Gasteiger partial charge is 0.129 e. The number of nitrogens with zero attached hydrogens (tertiary/aromatic N) is 1. The SMILES string of the molecule is Cc1cccc(NCC(O)c2cc(F)ccc2F)c1C#N. The van der Waals surface area contributed by atoms with Crippen molar-refractivity contribution in [2.75, 3.05) is 11.9 Å². The Balaban J connectivity index is 2.15. The van der Waals surface area contributed by atoms with Crippen LogP contribution in [-0.2, 0) is 0 Å². The number of aliphatic hydroxyl groups excluding tert-OH is 1. The lowest BCUT2D eigenvalue weighted by Gasteiger charge is -2.15. The number of rotatable bonds is 4. The van der Waals surface area contributed by atoms with Gasteiger partial charge < -0.3 is 10.4 Å². The summed E-state index contributed by atoms with van der Waals surface area (Å²) in [6.07, 6.45) is -1.22. The number of nitriles is 1. The normalized spacial score (nSPS) is 11.8. The lowest BCUT2D eigenvalue weighted by atomic mass is 10.1. The number of aryl methyl sites for hydroxylation is 1. The Morgan fingerprint density at radius 2 is 2.05 bits per heavy atom. The van der Waals surface area contributed by atoms with Gasteiger partial charge in [0.2, 0.25) is 0 Å². The number of nitrogens with one attached hydrogen (secondary N) is 1. The molecule has 0 aliphatic rings. The Morgan fingerprint density at radius 1 is 1.29 bits per heavy atom. The van der Waals surface area contributed by atoms with Crippen LogP contribution in [0.3, 0.4) is 0 Å². The topological polar surface area (TPSA) is 56.0 Å². The van der Waals surface area contributed by atoms with Crippen LogP contribution in [0, 0.1) is 29.9 Å². The van der Waals surface area contributed by atoms with E-state index in [0.717, 1.165) is 23.8 Å². The minimum Gasteiger partial charge on any atom is -0.386 e. The van der Waals surface area contributed by atoms with Crippen molar-refractivity contribution in [2.24, 2.45) is 0 Å². The highest BCUT2D eigenvalue weighted by atomic mass is 19.1. The fraction of sp³-hybridized carbons (Fsp3) is 0.188.